The molecule has 6 nitrogen and oxygen atoms in total. The number of hydrogen-bond donors (Lipinski definition) is 2. The number of aliphatic hydroxyl groups excluding tert-OH is 1. The predicted octanol–water partition coefficient (Wildman–Crippen LogP) is 1.89. The van der Waals surface area contributed by atoms with Gasteiger partial charge in [0.2, 0.25) is 0 Å². The van der Waals surface area contributed by atoms with E-state index in [1.165, 1.54) is 11.3 Å². The van der Waals surface area contributed by atoms with Crippen LogP contribution in [0.2, 0.25) is 0 Å². The van der Waals surface area contributed by atoms with Crippen molar-refractivity contribution in [2.45, 2.75) is 18.4 Å². The third-order valence-electron chi connectivity index (χ3n) is 3.83. The number of carbonyl (C=O) groups excluding carboxylic acids is 1. The summed E-state index contributed by atoms with van der Waals surface area (Å²) in [5.41, 5.74) is -0.718. The molecule has 7 heteroatoms. The van der Waals surface area contributed by atoms with Crippen LogP contribution in [-0.2, 0) is 0 Å². The molecular formula is C16H18N2O4S. The Hall–Kier alpha value is -1.96. The van der Waals surface area contributed by atoms with Crippen molar-refractivity contribution in [2.75, 3.05) is 19.7 Å². The molecule has 2 heterocycles. The monoisotopic (exact) mass is 334 g/mol. The van der Waals surface area contributed by atoms with Gasteiger partial charge in [-0.2, -0.15) is 0 Å². The molecule has 0 radical (unpaired) electrons. The molecule has 0 saturated carbocycles. The summed E-state index contributed by atoms with van der Waals surface area (Å²) >= 11 is 1.37. The summed E-state index contributed by atoms with van der Waals surface area (Å²) in [6.45, 7) is 0.364. The Morgan fingerprint density at radius 1 is 1.48 bits per heavy atom. The van der Waals surface area contributed by atoms with Crippen LogP contribution in [0.3, 0.4) is 0 Å². The van der Waals surface area contributed by atoms with Crippen LogP contribution in [0.15, 0.2) is 35.8 Å². The summed E-state index contributed by atoms with van der Waals surface area (Å²) < 4.78 is 5.61. The highest BCUT2D eigenvalue weighted by molar-refractivity contribution is 7.11. The highest BCUT2D eigenvalue weighted by Gasteiger charge is 2.34. The van der Waals surface area contributed by atoms with Gasteiger partial charge in [-0.05, 0) is 31.0 Å². The lowest BCUT2D eigenvalue weighted by molar-refractivity contribution is -0.0598. The van der Waals surface area contributed by atoms with Crippen LogP contribution in [0.5, 0.6) is 10.9 Å². The van der Waals surface area contributed by atoms with Gasteiger partial charge in [-0.25, -0.2) is 4.98 Å². The summed E-state index contributed by atoms with van der Waals surface area (Å²) in [7, 11) is 0. The largest absolute Gasteiger partial charge is 0.431 e. The summed E-state index contributed by atoms with van der Waals surface area (Å²) in [5.74, 6) is 0.362. The number of likely N-dealkylation sites (tertiary alicyclic amines) is 1. The van der Waals surface area contributed by atoms with Crippen LogP contribution in [0.1, 0.15) is 23.2 Å². The minimum Gasteiger partial charge on any atom is -0.431 e. The van der Waals surface area contributed by atoms with Crippen molar-refractivity contribution < 1.29 is 19.7 Å². The van der Waals surface area contributed by atoms with Crippen LogP contribution in [0.4, 0.5) is 0 Å². The van der Waals surface area contributed by atoms with E-state index >= 15 is 0 Å². The Bertz CT molecular complexity index is 676. The van der Waals surface area contributed by atoms with Crippen molar-refractivity contribution in [1.29, 1.82) is 0 Å². The molecule has 1 amide bonds. The van der Waals surface area contributed by atoms with Gasteiger partial charge in [0.25, 0.3) is 11.1 Å². The van der Waals surface area contributed by atoms with Crippen LogP contribution in [0.25, 0.3) is 0 Å². The number of β-amino-alcohol motifs (C(OH)–C–C–N with tert-alkyl or cyclic N) is 1. The molecule has 1 unspecified atom stereocenters. The molecule has 1 aliphatic heterocycles. The molecule has 23 heavy (non-hydrogen) atoms. The number of thiazole rings is 1. The minimum absolute atomic E-state index is 0.139. The zero-order valence-corrected chi connectivity index (χ0v) is 13.3. The van der Waals surface area contributed by atoms with E-state index < -0.39 is 5.60 Å². The maximum atomic E-state index is 12.6. The molecular weight excluding hydrogens is 316 g/mol. The first-order valence-corrected chi connectivity index (χ1v) is 8.27. The van der Waals surface area contributed by atoms with E-state index in [-0.39, 0.29) is 19.1 Å². The molecule has 1 atom stereocenters. The molecule has 1 aromatic heterocycles. The van der Waals surface area contributed by atoms with E-state index in [4.69, 9.17) is 4.74 Å². The fraction of sp³-hybridized carbons (Fsp3) is 0.375. The third-order valence-corrected chi connectivity index (χ3v) is 4.48. The fourth-order valence-electron chi connectivity index (χ4n) is 2.65. The Morgan fingerprint density at radius 3 is 3.09 bits per heavy atom. The first-order chi connectivity index (χ1) is 11.1. The van der Waals surface area contributed by atoms with E-state index in [0.717, 1.165) is 0 Å². The maximum Gasteiger partial charge on any atom is 0.278 e. The number of carbonyl (C=O) groups is 1. The number of amides is 1. The molecule has 1 aromatic carbocycles. The van der Waals surface area contributed by atoms with Crippen LogP contribution < -0.4 is 4.74 Å². The van der Waals surface area contributed by atoms with Crippen molar-refractivity contribution in [3.63, 3.8) is 0 Å². The quantitative estimate of drug-likeness (QED) is 0.892. The lowest BCUT2D eigenvalue weighted by Crippen LogP contribution is -2.52. The fourth-order valence-corrected chi connectivity index (χ4v) is 3.16. The number of hydrogen-bond acceptors (Lipinski definition) is 6. The van der Waals surface area contributed by atoms with Gasteiger partial charge in [0.1, 0.15) is 11.4 Å². The van der Waals surface area contributed by atoms with Crippen LogP contribution in [-0.4, -0.2) is 51.3 Å². The summed E-state index contributed by atoms with van der Waals surface area (Å²) in [6, 6.07) is 6.89. The second-order valence-electron chi connectivity index (χ2n) is 5.64. The van der Waals surface area contributed by atoms with Crippen molar-refractivity contribution in [3.8, 4) is 10.9 Å². The van der Waals surface area contributed by atoms with Crippen LogP contribution >= 0.6 is 11.3 Å². The molecule has 1 saturated heterocycles. The summed E-state index contributed by atoms with van der Waals surface area (Å²) in [5, 5.41) is 21.8. The molecule has 2 N–H and O–H groups in total. The van der Waals surface area contributed by atoms with Crippen molar-refractivity contribution in [3.05, 3.63) is 41.4 Å². The lowest BCUT2D eigenvalue weighted by Gasteiger charge is -2.38. The van der Waals surface area contributed by atoms with E-state index in [1.54, 1.807) is 35.4 Å². The predicted molar refractivity (Wildman–Crippen MR) is 85.8 cm³/mol. The van der Waals surface area contributed by atoms with Gasteiger partial charge in [0.15, 0.2) is 0 Å². The smallest absolute Gasteiger partial charge is 0.278 e. The summed E-state index contributed by atoms with van der Waals surface area (Å²) in [6.07, 6.45) is 2.82. The standard InChI is InChI=1S/C16H18N2O4S/c19-11-16(21)5-2-7-18(10-16)14(20)12-3-1-4-13(9-12)22-15-17-6-8-23-15/h1,3-4,6,8-9,19,21H,2,5,7,10-11H2. The van der Waals surface area contributed by atoms with E-state index in [0.29, 0.717) is 35.9 Å². The average molecular weight is 334 g/mol. The number of rotatable bonds is 4. The van der Waals surface area contributed by atoms with Gasteiger partial charge in [-0.3, -0.25) is 4.79 Å². The molecule has 1 fully saturated rings. The number of piperidine rings is 1. The normalized spacial score (nSPS) is 21.2. The number of aromatic nitrogens is 1. The van der Waals surface area contributed by atoms with Gasteiger partial charge in [0.05, 0.1) is 13.2 Å². The van der Waals surface area contributed by atoms with E-state index in [1.807, 2.05) is 5.38 Å². The minimum atomic E-state index is -1.21. The molecule has 2 aromatic rings. The zero-order chi connectivity index (χ0) is 16.3. The number of nitrogens with zero attached hydrogens (tertiary/aromatic N) is 2. The Labute approximate surface area is 138 Å². The molecule has 1 aliphatic rings. The second-order valence-corrected chi connectivity index (χ2v) is 6.50. The van der Waals surface area contributed by atoms with Crippen molar-refractivity contribution in [1.82, 2.24) is 9.88 Å². The molecule has 0 bridgehead atoms. The molecule has 0 aliphatic carbocycles. The van der Waals surface area contributed by atoms with Crippen molar-refractivity contribution >= 4 is 17.2 Å². The Kier molecular flexibility index (Phi) is 4.61. The Balaban J connectivity index is 1.74. The van der Waals surface area contributed by atoms with Crippen LogP contribution in [0, 0.1) is 0 Å². The number of ether oxygens (including phenoxy) is 1. The summed E-state index contributed by atoms with van der Waals surface area (Å²) in [4.78, 5) is 18.2. The Morgan fingerprint density at radius 2 is 2.35 bits per heavy atom. The van der Waals surface area contributed by atoms with Crippen molar-refractivity contribution in [2.24, 2.45) is 0 Å². The maximum absolute atomic E-state index is 12.6. The van der Waals surface area contributed by atoms with Gasteiger partial charge < -0.3 is 19.8 Å². The molecule has 3 rings (SSSR count). The first kappa shape index (κ1) is 15.9. The SMILES string of the molecule is O=C(c1cccc(Oc2nccs2)c1)N1CCCC(O)(CO)C1. The lowest BCUT2D eigenvalue weighted by atomic mass is 9.93. The highest BCUT2D eigenvalue weighted by atomic mass is 32.1. The third kappa shape index (κ3) is 3.69. The number of benzene rings is 1. The zero-order valence-electron chi connectivity index (χ0n) is 12.5. The van der Waals surface area contributed by atoms with Gasteiger partial charge in [-0.15, -0.1) is 0 Å². The molecule has 122 valence electrons. The van der Waals surface area contributed by atoms with Gasteiger partial charge in [0, 0.05) is 23.7 Å². The number of aliphatic hydroxyl groups is 2. The van der Waals surface area contributed by atoms with Gasteiger partial charge in [-0.1, -0.05) is 17.4 Å². The highest BCUT2D eigenvalue weighted by Crippen LogP contribution is 2.26. The van der Waals surface area contributed by atoms with E-state index in [2.05, 4.69) is 4.98 Å². The second kappa shape index (κ2) is 6.66. The topological polar surface area (TPSA) is 82.9 Å². The molecule has 0 spiro atoms. The van der Waals surface area contributed by atoms with Gasteiger partial charge >= 0.3 is 0 Å². The average Bonchev–Trinajstić information content (AvgIpc) is 3.07. The van der Waals surface area contributed by atoms with E-state index in [9.17, 15) is 15.0 Å². The first-order valence-electron chi connectivity index (χ1n) is 7.40.